The molecule has 4 heteroatoms. The summed E-state index contributed by atoms with van der Waals surface area (Å²) in [6.45, 7) is 5.83. The van der Waals surface area contributed by atoms with Crippen LogP contribution in [-0.2, 0) is 6.42 Å². The summed E-state index contributed by atoms with van der Waals surface area (Å²) >= 11 is 0. The first-order valence-electron chi connectivity index (χ1n) is 5.16. The molecule has 0 radical (unpaired) electrons. The molecule has 0 aromatic carbocycles. The van der Waals surface area contributed by atoms with Crippen molar-refractivity contribution in [3.63, 3.8) is 0 Å². The van der Waals surface area contributed by atoms with Crippen LogP contribution in [0.4, 0.5) is 4.79 Å². The number of amides is 2. The zero-order valence-corrected chi connectivity index (χ0v) is 9.41. The monoisotopic (exact) mass is 210 g/mol. The predicted molar refractivity (Wildman–Crippen MR) is 58.7 cm³/mol. The Kier molecular flexibility index (Phi) is 4.21. The Morgan fingerprint density at radius 3 is 2.67 bits per heavy atom. The van der Waals surface area contributed by atoms with Gasteiger partial charge in [-0.2, -0.15) is 0 Å². The fourth-order valence-electron chi connectivity index (χ4n) is 1.34. The van der Waals surface area contributed by atoms with Gasteiger partial charge in [-0.1, -0.05) is 0 Å². The lowest BCUT2D eigenvalue weighted by Crippen LogP contribution is -2.44. The maximum Gasteiger partial charge on any atom is 0.315 e. The SMILES string of the molecule is CC(C)NC(=O)NC(C)Cc1ccoc1. The Labute approximate surface area is 90.0 Å². The standard InChI is InChI=1S/C11H18N2O2/c1-8(2)12-11(14)13-9(3)6-10-4-5-15-7-10/h4-5,7-9H,6H2,1-3H3,(H2,12,13,14). The topological polar surface area (TPSA) is 54.3 Å². The summed E-state index contributed by atoms with van der Waals surface area (Å²) in [7, 11) is 0. The largest absolute Gasteiger partial charge is 0.472 e. The van der Waals surface area contributed by atoms with Gasteiger partial charge >= 0.3 is 6.03 Å². The Hall–Kier alpha value is -1.45. The van der Waals surface area contributed by atoms with Crippen molar-refractivity contribution >= 4 is 6.03 Å². The van der Waals surface area contributed by atoms with Crippen molar-refractivity contribution in [2.45, 2.75) is 39.3 Å². The molecule has 0 spiro atoms. The van der Waals surface area contributed by atoms with Gasteiger partial charge < -0.3 is 15.1 Å². The van der Waals surface area contributed by atoms with E-state index in [1.165, 1.54) is 0 Å². The fraction of sp³-hybridized carbons (Fsp3) is 0.545. The Balaban J connectivity index is 2.29. The molecule has 0 saturated heterocycles. The van der Waals surface area contributed by atoms with Crippen molar-refractivity contribution in [1.82, 2.24) is 10.6 Å². The van der Waals surface area contributed by atoms with Crippen molar-refractivity contribution in [2.75, 3.05) is 0 Å². The molecule has 1 unspecified atom stereocenters. The molecule has 1 aromatic rings. The lowest BCUT2D eigenvalue weighted by atomic mass is 10.1. The number of furan rings is 1. The highest BCUT2D eigenvalue weighted by Gasteiger charge is 2.08. The second-order valence-corrected chi connectivity index (χ2v) is 4.01. The van der Waals surface area contributed by atoms with Crippen molar-refractivity contribution in [2.24, 2.45) is 0 Å². The van der Waals surface area contributed by atoms with Crippen LogP contribution in [0.5, 0.6) is 0 Å². The average molecular weight is 210 g/mol. The highest BCUT2D eigenvalue weighted by molar-refractivity contribution is 5.74. The summed E-state index contributed by atoms with van der Waals surface area (Å²) in [5, 5.41) is 5.64. The molecule has 0 bridgehead atoms. The molecule has 4 nitrogen and oxygen atoms in total. The summed E-state index contributed by atoms with van der Waals surface area (Å²) < 4.78 is 4.96. The van der Waals surface area contributed by atoms with Crippen molar-refractivity contribution < 1.29 is 9.21 Å². The summed E-state index contributed by atoms with van der Waals surface area (Å²) in [5.41, 5.74) is 1.09. The van der Waals surface area contributed by atoms with E-state index in [0.29, 0.717) is 0 Å². The number of hydrogen-bond acceptors (Lipinski definition) is 2. The van der Waals surface area contributed by atoms with Crippen molar-refractivity contribution in [1.29, 1.82) is 0 Å². The van der Waals surface area contributed by atoms with E-state index in [1.54, 1.807) is 12.5 Å². The lowest BCUT2D eigenvalue weighted by Gasteiger charge is -2.15. The van der Waals surface area contributed by atoms with E-state index in [0.717, 1.165) is 12.0 Å². The van der Waals surface area contributed by atoms with E-state index in [9.17, 15) is 4.79 Å². The van der Waals surface area contributed by atoms with Crippen LogP contribution >= 0.6 is 0 Å². The summed E-state index contributed by atoms with van der Waals surface area (Å²) in [6.07, 6.45) is 4.11. The van der Waals surface area contributed by atoms with Gasteiger partial charge in [0, 0.05) is 12.1 Å². The van der Waals surface area contributed by atoms with E-state index in [2.05, 4.69) is 10.6 Å². The number of urea groups is 1. The molecule has 1 atom stereocenters. The van der Waals surface area contributed by atoms with Crippen LogP contribution in [0.15, 0.2) is 23.0 Å². The minimum Gasteiger partial charge on any atom is -0.472 e. The molecule has 2 amide bonds. The van der Waals surface area contributed by atoms with E-state index >= 15 is 0 Å². The zero-order chi connectivity index (χ0) is 11.3. The van der Waals surface area contributed by atoms with Crippen LogP contribution in [0.2, 0.25) is 0 Å². The quantitative estimate of drug-likeness (QED) is 0.797. The third-order valence-corrected chi connectivity index (χ3v) is 1.92. The van der Waals surface area contributed by atoms with E-state index < -0.39 is 0 Å². The van der Waals surface area contributed by atoms with Gasteiger partial charge in [-0.3, -0.25) is 0 Å². The molecule has 84 valence electrons. The van der Waals surface area contributed by atoms with Gasteiger partial charge in [-0.15, -0.1) is 0 Å². The maximum atomic E-state index is 11.3. The predicted octanol–water partition coefficient (Wildman–Crippen LogP) is 1.92. The third kappa shape index (κ3) is 4.54. The number of rotatable bonds is 4. The number of hydrogen-bond donors (Lipinski definition) is 2. The molecule has 0 aliphatic rings. The summed E-state index contributed by atoms with van der Waals surface area (Å²) in [5.74, 6) is 0. The molecule has 1 heterocycles. The van der Waals surface area contributed by atoms with Crippen molar-refractivity contribution in [3.05, 3.63) is 24.2 Å². The lowest BCUT2D eigenvalue weighted by molar-refractivity contribution is 0.235. The van der Waals surface area contributed by atoms with Crippen LogP contribution in [0.3, 0.4) is 0 Å². The molecule has 1 aromatic heterocycles. The summed E-state index contributed by atoms with van der Waals surface area (Å²) in [6, 6.07) is 2.03. The molecule has 0 fully saturated rings. The third-order valence-electron chi connectivity index (χ3n) is 1.92. The minimum atomic E-state index is -0.124. The molecule has 15 heavy (non-hydrogen) atoms. The second-order valence-electron chi connectivity index (χ2n) is 4.01. The first-order chi connectivity index (χ1) is 7.08. The van der Waals surface area contributed by atoms with Crippen LogP contribution in [0, 0.1) is 0 Å². The number of carbonyl (C=O) groups is 1. The minimum absolute atomic E-state index is 0.0985. The van der Waals surface area contributed by atoms with Gasteiger partial charge in [0.05, 0.1) is 12.5 Å². The van der Waals surface area contributed by atoms with Gasteiger partial charge in [-0.05, 0) is 38.8 Å². The van der Waals surface area contributed by atoms with E-state index in [1.807, 2.05) is 26.8 Å². The molecular weight excluding hydrogens is 192 g/mol. The van der Waals surface area contributed by atoms with Gasteiger partial charge in [0.25, 0.3) is 0 Å². The Bertz CT molecular complexity index is 294. The molecule has 0 aliphatic carbocycles. The van der Waals surface area contributed by atoms with Crippen LogP contribution in [0.1, 0.15) is 26.3 Å². The fourth-order valence-corrected chi connectivity index (χ4v) is 1.34. The molecule has 0 saturated carbocycles. The van der Waals surface area contributed by atoms with Gasteiger partial charge in [0.15, 0.2) is 0 Å². The molecule has 2 N–H and O–H groups in total. The highest BCUT2D eigenvalue weighted by atomic mass is 16.3. The van der Waals surface area contributed by atoms with Crippen molar-refractivity contribution in [3.8, 4) is 0 Å². The maximum absolute atomic E-state index is 11.3. The normalized spacial score (nSPS) is 12.5. The van der Waals surface area contributed by atoms with Crippen LogP contribution in [0.25, 0.3) is 0 Å². The van der Waals surface area contributed by atoms with Gasteiger partial charge in [-0.25, -0.2) is 4.79 Å². The number of carbonyl (C=O) groups excluding carboxylic acids is 1. The molecular formula is C11H18N2O2. The Morgan fingerprint density at radius 1 is 1.40 bits per heavy atom. The smallest absolute Gasteiger partial charge is 0.315 e. The van der Waals surface area contributed by atoms with Gasteiger partial charge in [0.1, 0.15) is 0 Å². The van der Waals surface area contributed by atoms with Crippen LogP contribution in [-0.4, -0.2) is 18.1 Å². The van der Waals surface area contributed by atoms with E-state index in [-0.39, 0.29) is 18.1 Å². The average Bonchev–Trinajstić information content (AvgIpc) is 2.53. The van der Waals surface area contributed by atoms with E-state index in [4.69, 9.17) is 4.42 Å². The highest BCUT2D eigenvalue weighted by Crippen LogP contribution is 2.03. The summed E-state index contributed by atoms with van der Waals surface area (Å²) in [4.78, 5) is 11.3. The first-order valence-corrected chi connectivity index (χ1v) is 5.16. The molecule has 0 aliphatic heterocycles. The number of nitrogens with one attached hydrogen (secondary N) is 2. The van der Waals surface area contributed by atoms with Crippen LogP contribution < -0.4 is 10.6 Å². The van der Waals surface area contributed by atoms with Gasteiger partial charge in [0.2, 0.25) is 0 Å². The Morgan fingerprint density at radius 2 is 2.13 bits per heavy atom. The first kappa shape index (κ1) is 11.6. The second kappa shape index (κ2) is 5.44. The molecule has 1 rings (SSSR count). The zero-order valence-electron chi connectivity index (χ0n) is 9.41.